The fourth-order valence-corrected chi connectivity index (χ4v) is 1.26. The van der Waals surface area contributed by atoms with E-state index in [9.17, 15) is 0 Å². The highest BCUT2D eigenvalue weighted by atomic mass is 16.5. The second kappa shape index (κ2) is 5.06. The summed E-state index contributed by atoms with van der Waals surface area (Å²) in [6.45, 7) is 2.59. The molecule has 0 saturated heterocycles. The van der Waals surface area contributed by atoms with Gasteiger partial charge in [0.15, 0.2) is 0 Å². The van der Waals surface area contributed by atoms with E-state index in [0.29, 0.717) is 6.61 Å². The topological polar surface area (TPSA) is 52.3 Å². The minimum atomic E-state index is 0.636. The minimum absolute atomic E-state index is 0.636. The van der Waals surface area contributed by atoms with Crippen molar-refractivity contribution in [2.75, 3.05) is 6.61 Å². The highest BCUT2D eigenvalue weighted by Crippen LogP contribution is 2.15. The van der Waals surface area contributed by atoms with E-state index in [-0.39, 0.29) is 0 Å². The van der Waals surface area contributed by atoms with Gasteiger partial charge in [0.25, 0.3) is 0 Å². The van der Waals surface area contributed by atoms with E-state index in [0.717, 1.165) is 11.3 Å². The van der Waals surface area contributed by atoms with Gasteiger partial charge in [-0.3, -0.25) is 0 Å². The summed E-state index contributed by atoms with van der Waals surface area (Å²) in [4.78, 5) is 0. The third-order valence-corrected chi connectivity index (χ3v) is 1.96. The first-order chi connectivity index (χ1) is 7.90. The summed E-state index contributed by atoms with van der Waals surface area (Å²) in [5.74, 6) is 0.821. The summed E-state index contributed by atoms with van der Waals surface area (Å²) in [6.07, 6.45) is 4.77. The van der Waals surface area contributed by atoms with Crippen LogP contribution in [-0.2, 0) is 0 Å². The van der Waals surface area contributed by atoms with Gasteiger partial charge in [-0.25, -0.2) is 4.68 Å². The van der Waals surface area contributed by atoms with Crippen LogP contribution in [0.25, 0.3) is 0 Å². The molecule has 82 valence electrons. The number of benzene rings is 1. The fraction of sp³-hybridized carbons (Fsp3) is 0.182. The van der Waals surface area contributed by atoms with Crippen LogP contribution in [0, 0.1) is 0 Å². The molecule has 2 aromatic rings. The second-order valence-corrected chi connectivity index (χ2v) is 3.06. The molecule has 1 aromatic heterocycles. The van der Waals surface area contributed by atoms with Crippen molar-refractivity contribution in [3.63, 3.8) is 0 Å². The lowest BCUT2D eigenvalue weighted by atomic mass is 10.2. The van der Waals surface area contributed by atoms with Gasteiger partial charge in [0, 0.05) is 5.56 Å². The van der Waals surface area contributed by atoms with Crippen LogP contribution >= 0.6 is 0 Å². The van der Waals surface area contributed by atoms with E-state index in [1.165, 1.54) is 17.3 Å². The van der Waals surface area contributed by atoms with Gasteiger partial charge in [-0.1, -0.05) is 12.1 Å². The van der Waals surface area contributed by atoms with Crippen molar-refractivity contribution in [3.8, 4) is 5.75 Å². The zero-order chi connectivity index (χ0) is 11.2. The Morgan fingerprint density at radius 2 is 2.06 bits per heavy atom. The number of nitrogens with zero attached hydrogens (tertiary/aromatic N) is 4. The van der Waals surface area contributed by atoms with E-state index < -0.39 is 0 Å². The lowest BCUT2D eigenvalue weighted by Crippen LogP contribution is -1.96. The zero-order valence-electron chi connectivity index (χ0n) is 8.95. The number of hydrogen-bond acceptors (Lipinski definition) is 4. The van der Waals surface area contributed by atoms with Gasteiger partial charge in [0.2, 0.25) is 0 Å². The predicted molar refractivity (Wildman–Crippen MR) is 60.6 cm³/mol. The summed E-state index contributed by atoms with van der Waals surface area (Å²) in [5, 5.41) is 11.5. The molecule has 0 aliphatic heterocycles. The molecule has 0 aliphatic rings. The van der Waals surface area contributed by atoms with Crippen molar-refractivity contribution in [1.82, 2.24) is 14.9 Å². The molecule has 0 bridgehead atoms. The Morgan fingerprint density at radius 1 is 1.31 bits per heavy atom. The molecule has 2 rings (SSSR count). The summed E-state index contributed by atoms with van der Waals surface area (Å²) in [5.41, 5.74) is 0.929. The lowest BCUT2D eigenvalue weighted by molar-refractivity contribution is 0.340. The number of aromatic nitrogens is 3. The average Bonchev–Trinajstić information content (AvgIpc) is 2.81. The Labute approximate surface area is 93.4 Å². The van der Waals surface area contributed by atoms with Crippen LogP contribution in [0.2, 0.25) is 0 Å². The normalized spacial score (nSPS) is 10.8. The summed E-state index contributed by atoms with van der Waals surface area (Å²) < 4.78 is 7.01. The van der Waals surface area contributed by atoms with Gasteiger partial charge in [0.05, 0.1) is 12.8 Å². The Kier molecular flexibility index (Phi) is 3.28. The largest absolute Gasteiger partial charge is 0.493 e. The van der Waals surface area contributed by atoms with E-state index >= 15 is 0 Å². The number of ether oxygens (including phenoxy) is 1. The first-order valence-electron chi connectivity index (χ1n) is 5.01. The van der Waals surface area contributed by atoms with Crippen molar-refractivity contribution in [1.29, 1.82) is 0 Å². The van der Waals surface area contributed by atoms with E-state index in [4.69, 9.17) is 4.74 Å². The first-order valence-corrected chi connectivity index (χ1v) is 5.01. The average molecular weight is 216 g/mol. The van der Waals surface area contributed by atoms with Crippen molar-refractivity contribution in [2.24, 2.45) is 5.10 Å². The maximum Gasteiger partial charge on any atom is 0.141 e. The van der Waals surface area contributed by atoms with Gasteiger partial charge in [-0.15, -0.1) is 10.2 Å². The maximum absolute atomic E-state index is 5.48. The van der Waals surface area contributed by atoms with Gasteiger partial charge in [-0.2, -0.15) is 5.10 Å². The van der Waals surface area contributed by atoms with Crippen LogP contribution in [-0.4, -0.2) is 27.7 Å². The smallest absolute Gasteiger partial charge is 0.141 e. The maximum atomic E-state index is 5.48. The van der Waals surface area contributed by atoms with Gasteiger partial charge < -0.3 is 4.74 Å². The van der Waals surface area contributed by atoms with Gasteiger partial charge in [-0.05, 0) is 19.1 Å². The molecule has 0 amide bonds. The van der Waals surface area contributed by atoms with Crippen LogP contribution in [0.5, 0.6) is 5.75 Å². The van der Waals surface area contributed by atoms with E-state index in [1.807, 2.05) is 31.2 Å². The van der Waals surface area contributed by atoms with Crippen molar-refractivity contribution >= 4 is 6.21 Å². The molecule has 1 aromatic carbocycles. The molecule has 0 atom stereocenters. The van der Waals surface area contributed by atoms with Crippen molar-refractivity contribution < 1.29 is 4.74 Å². The number of hydrogen-bond donors (Lipinski definition) is 0. The Balaban J connectivity index is 2.20. The predicted octanol–water partition coefficient (Wildman–Crippen LogP) is 1.56. The summed E-state index contributed by atoms with van der Waals surface area (Å²) in [7, 11) is 0. The van der Waals surface area contributed by atoms with E-state index in [1.54, 1.807) is 6.21 Å². The van der Waals surface area contributed by atoms with Crippen LogP contribution in [0.4, 0.5) is 0 Å². The van der Waals surface area contributed by atoms with E-state index in [2.05, 4.69) is 15.3 Å². The molecule has 5 heteroatoms. The highest BCUT2D eigenvalue weighted by Gasteiger charge is 1.98. The second-order valence-electron chi connectivity index (χ2n) is 3.06. The summed E-state index contributed by atoms with van der Waals surface area (Å²) in [6, 6.07) is 7.73. The molecule has 0 saturated carbocycles. The Morgan fingerprint density at radius 3 is 2.81 bits per heavy atom. The Bertz CT molecular complexity index is 465. The monoisotopic (exact) mass is 216 g/mol. The molecule has 0 N–H and O–H groups in total. The summed E-state index contributed by atoms with van der Waals surface area (Å²) >= 11 is 0. The number of para-hydroxylation sites is 1. The minimum Gasteiger partial charge on any atom is -0.493 e. The molecule has 0 fully saturated rings. The quantitative estimate of drug-likeness (QED) is 0.729. The molecular weight excluding hydrogens is 204 g/mol. The molecule has 0 spiro atoms. The van der Waals surface area contributed by atoms with Gasteiger partial charge >= 0.3 is 0 Å². The molecular formula is C11H12N4O. The molecule has 1 heterocycles. The molecule has 0 radical (unpaired) electrons. The van der Waals surface area contributed by atoms with Crippen LogP contribution in [0.15, 0.2) is 42.0 Å². The third-order valence-electron chi connectivity index (χ3n) is 1.96. The molecule has 16 heavy (non-hydrogen) atoms. The van der Waals surface area contributed by atoms with Crippen molar-refractivity contribution in [3.05, 3.63) is 42.5 Å². The van der Waals surface area contributed by atoms with Gasteiger partial charge in [0.1, 0.15) is 18.4 Å². The lowest BCUT2D eigenvalue weighted by Gasteiger charge is -2.05. The number of rotatable bonds is 4. The zero-order valence-corrected chi connectivity index (χ0v) is 8.95. The van der Waals surface area contributed by atoms with Crippen LogP contribution < -0.4 is 4.74 Å². The standard InChI is InChI=1S/C11H12N4O/c1-2-16-11-6-4-3-5-10(11)7-14-15-8-12-13-9-15/h3-9H,2H2,1H3/b14-7-. The van der Waals surface area contributed by atoms with Crippen LogP contribution in [0.3, 0.4) is 0 Å². The third kappa shape index (κ3) is 2.44. The molecule has 0 unspecified atom stereocenters. The van der Waals surface area contributed by atoms with Crippen LogP contribution in [0.1, 0.15) is 12.5 Å². The fourth-order valence-electron chi connectivity index (χ4n) is 1.26. The highest BCUT2D eigenvalue weighted by molar-refractivity contribution is 5.83. The molecule has 5 nitrogen and oxygen atoms in total. The first kappa shape index (κ1) is 10.4. The SMILES string of the molecule is CCOc1ccccc1/C=N\n1cnnc1. The Hall–Kier alpha value is -2.17. The van der Waals surface area contributed by atoms with Crippen molar-refractivity contribution in [2.45, 2.75) is 6.92 Å². The molecule has 0 aliphatic carbocycles.